The summed E-state index contributed by atoms with van der Waals surface area (Å²) in [5, 5.41) is 5.86. The van der Waals surface area contributed by atoms with E-state index >= 15 is 0 Å². The van der Waals surface area contributed by atoms with E-state index in [4.69, 9.17) is 0 Å². The lowest BCUT2D eigenvalue weighted by atomic mass is 9.73. The van der Waals surface area contributed by atoms with Gasteiger partial charge in [-0.1, -0.05) is 26.7 Å². The highest BCUT2D eigenvalue weighted by Gasteiger charge is 2.55. The third-order valence-electron chi connectivity index (χ3n) is 5.17. The highest BCUT2D eigenvalue weighted by atomic mass is 16.2. The molecule has 1 heterocycles. The minimum atomic E-state index is -0.748. The van der Waals surface area contributed by atoms with Crippen molar-refractivity contribution in [2.24, 2.45) is 5.92 Å². The standard InChI is InChI=1S/C18H32N4O3/c1-6-21(11-14(23)19-17(3,4)5)12-22-15(24)18(20-16(22)25)10-8-7-9-13(18)2/h13H,6-12H2,1-5H3,(H,19,23)(H,20,25)/t13-,18-/m0/s1. The molecular formula is C18H32N4O3. The number of imide groups is 1. The van der Waals surface area contributed by atoms with Gasteiger partial charge in [0, 0.05) is 5.54 Å². The zero-order chi connectivity index (χ0) is 18.8. The van der Waals surface area contributed by atoms with E-state index in [1.165, 1.54) is 4.90 Å². The van der Waals surface area contributed by atoms with Crippen molar-refractivity contribution in [2.75, 3.05) is 19.8 Å². The van der Waals surface area contributed by atoms with Crippen molar-refractivity contribution in [1.29, 1.82) is 0 Å². The van der Waals surface area contributed by atoms with Crippen molar-refractivity contribution in [1.82, 2.24) is 20.4 Å². The third kappa shape index (κ3) is 4.32. The number of hydrogen-bond donors (Lipinski definition) is 2. The van der Waals surface area contributed by atoms with Crippen LogP contribution in [0.1, 0.15) is 60.3 Å². The van der Waals surface area contributed by atoms with E-state index < -0.39 is 5.54 Å². The molecule has 142 valence electrons. The lowest BCUT2D eigenvalue weighted by Crippen LogP contribution is -2.54. The Hall–Kier alpha value is -1.63. The van der Waals surface area contributed by atoms with E-state index in [0.29, 0.717) is 13.0 Å². The van der Waals surface area contributed by atoms with Crippen LogP contribution in [0, 0.1) is 5.92 Å². The van der Waals surface area contributed by atoms with Gasteiger partial charge in [-0.25, -0.2) is 9.69 Å². The first kappa shape index (κ1) is 19.7. The second-order valence-corrected chi connectivity index (χ2v) is 8.37. The number of likely N-dealkylation sites (N-methyl/N-ethyl adjacent to an activating group) is 1. The topological polar surface area (TPSA) is 81.8 Å². The normalized spacial score (nSPS) is 27.1. The zero-order valence-electron chi connectivity index (χ0n) is 16.1. The molecule has 1 saturated heterocycles. The summed E-state index contributed by atoms with van der Waals surface area (Å²) in [4.78, 5) is 40.7. The minimum absolute atomic E-state index is 0.109. The molecule has 2 fully saturated rings. The van der Waals surface area contributed by atoms with Gasteiger partial charge in [0.15, 0.2) is 0 Å². The van der Waals surface area contributed by atoms with Crippen molar-refractivity contribution in [3.8, 4) is 0 Å². The fourth-order valence-electron chi connectivity index (χ4n) is 3.75. The van der Waals surface area contributed by atoms with Gasteiger partial charge in [0.2, 0.25) is 5.91 Å². The van der Waals surface area contributed by atoms with Gasteiger partial charge in [0.25, 0.3) is 5.91 Å². The highest BCUT2D eigenvalue weighted by molar-refractivity contribution is 6.07. The molecule has 0 radical (unpaired) electrons. The minimum Gasteiger partial charge on any atom is -0.350 e. The Bertz CT molecular complexity index is 543. The molecule has 0 aromatic carbocycles. The van der Waals surface area contributed by atoms with Crippen molar-refractivity contribution >= 4 is 17.8 Å². The Kier molecular flexibility index (Phi) is 5.76. The second-order valence-electron chi connectivity index (χ2n) is 8.37. The molecule has 0 bridgehead atoms. The summed E-state index contributed by atoms with van der Waals surface area (Å²) in [6, 6.07) is -0.339. The first-order valence-corrected chi connectivity index (χ1v) is 9.26. The van der Waals surface area contributed by atoms with E-state index in [9.17, 15) is 14.4 Å². The molecule has 25 heavy (non-hydrogen) atoms. The van der Waals surface area contributed by atoms with Gasteiger partial charge in [-0.2, -0.15) is 0 Å². The van der Waals surface area contributed by atoms with Crippen LogP contribution in [0.2, 0.25) is 0 Å². The Balaban J connectivity index is 2.04. The Morgan fingerprint density at radius 1 is 1.36 bits per heavy atom. The first-order chi connectivity index (χ1) is 11.6. The number of hydrogen-bond acceptors (Lipinski definition) is 4. The van der Waals surface area contributed by atoms with E-state index in [0.717, 1.165) is 19.3 Å². The van der Waals surface area contributed by atoms with Crippen molar-refractivity contribution < 1.29 is 14.4 Å². The number of nitrogens with zero attached hydrogens (tertiary/aromatic N) is 2. The lowest BCUT2D eigenvalue weighted by molar-refractivity contribution is -0.136. The zero-order valence-corrected chi connectivity index (χ0v) is 16.1. The van der Waals surface area contributed by atoms with Crippen LogP contribution < -0.4 is 10.6 Å². The summed E-state index contributed by atoms with van der Waals surface area (Å²) in [6.45, 7) is 10.6. The molecule has 7 nitrogen and oxygen atoms in total. The van der Waals surface area contributed by atoms with Crippen LogP contribution >= 0.6 is 0 Å². The van der Waals surface area contributed by atoms with E-state index in [-0.39, 0.29) is 42.5 Å². The van der Waals surface area contributed by atoms with Crippen LogP contribution in [-0.2, 0) is 9.59 Å². The molecule has 0 unspecified atom stereocenters. The number of amides is 4. The van der Waals surface area contributed by atoms with Crippen LogP contribution in [-0.4, -0.2) is 58.5 Å². The summed E-state index contributed by atoms with van der Waals surface area (Å²) in [7, 11) is 0. The molecule has 1 saturated carbocycles. The van der Waals surface area contributed by atoms with E-state index in [1.54, 1.807) is 0 Å². The number of nitrogens with one attached hydrogen (secondary N) is 2. The molecule has 1 aliphatic carbocycles. The van der Waals surface area contributed by atoms with Gasteiger partial charge in [-0.15, -0.1) is 0 Å². The van der Waals surface area contributed by atoms with Crippen LogP contribution in [0.3, 0.4) is 0 Å². The maximum atomic E-state index is 13.0. The lowest BCUT2D eigenvalue weighted by Gasteiger charge is -2.37. The molecule has 2 rings (SSSR count). The largest absolute Gasteiger partial charge is 0.350 e. The summed E-state index contributed by atoms with van der Waals surface area (Å²) in [6.07, 6.45) is 3.70. The average molecular weight is 352 g/mol. The molecule has 1 aliphatic heterocycles. The van der Waals surface area contributed by atoms with Crippen molar-refractivity contribution in [2.45, 2.75) is 71.4 Å². The molecule has 0 aromatic heterocycles. The quantitative estimate of drug-likeness (QED) is 0.738. The molecule has 2 aliphatic rings. The van der Waals surface area contributed by atoms with Crippen LogP contribution in [0.4, 0.5) is 4.79 Å². The second kappa shape index (κ2) is 7.32. The molecule has 2 N–H and O–H groups in total. The molecule has 4 amide bonds. The van der Waals surface area contributed by atoms with Gasteiger partial charge in [0.05, 0.1) is 13.2 Å². The van der Waals surface area contributed by atoms with Gasteiger partial charge >= 0.3 is 6.03 Å². The van der Waals surface area contributed by atoms with E-state index in [2.05, 4.69) is 10.6 Å². The van der Waals surface area contributed by atoms with Crippen molar-refractivity contribution in [3.63, 3.8) is 0 Å². The summed E-state index contributed by atoms with van der Waals surface area (Å²) in [5.74, 6) is -0.108. The number of rotatable bonds is 5. The maximum Gasteiger partial charge on any atom is 0.326 e. The SMILES string of the molecule is CCN(CC(=O)NC(C)(C)C)CN1C(=O)N[C@]2(CCCC[C@@H]2C)C1=O. The summed E-state index contributed by atoms with van der Waals surface area (Å²) >= 11 is 0. The Morgan fingerprint density at radius 3 is 2.60 bits per heavy atom. The summed E-state index contributed by atoms with van der Waals surface area (Å²) < 4.78 is 0. The number of carbonyl (C=O) groups is 3. The Morgan fingerprint density at radius 2 is 2.04 bits per heavy atom. The predicted octanol–water partition coefficient (Wildman–Crippen LogP) is 1.68. The monoisotopic (exact) mass is 352 g/mol. The van der Waals surface area contributed by atoms with Gasteiger partial charge in [0.1, 0.15) is 5.54 Å². The fraction of sp³-hybridized carbons (Fsp3) is 0.833. The van der Waals surface area contributed by atoms with Crippen molar-refractivity contribution in [3.05, 3.63) is 0 Å². The molecular weight excluding hydrogens is 320 g/mol. The summed E-state index contributed by atoms with van der Waals surface area (Å²) in [5.41, 5.74) is -1.05. The van der Waals surface area contributed by atoms with Gasteiger partial charge in [-0.05, 0) is 46.1 Å². The van der Waals surface area contributed by atoms with E-state index in [1.807, 2.05) is 39.5 Å². The van der Waals surface area contributed by atoms with Crippen LogP contribution in [0.15, 0.2) is 0 Å². The molecule has 1 spiro atoms. The maximum absolute atomic E-state index is 13.0. The molecule has 0 aromatic rings. The first-order valence-electron chi connectivity index (χ1n) is 9.26. The molecule has 2 atom stereocenters. The number of urea groups is 1. The number of carbonyl (C=O) groups excluding carboxylic acids is 3. The smallest absolute Gasteiger partial charge is 0.326 e. The van der Waals surface area contributed by atoms with Gasteiger partial charge in [-0.3, -0.25) is 14.5 Å². The average Bonchev–Trinajstić information content (AvgIpc) is 2.72. The fourth-order valence-corrected chi connectivity index (χ4v) is 3.75. The highest BCUT2D eigenvalue weighted by Crippen LogP contribution is 2.38. The van der Waals surface area contributed by atoms with Crippen LogP contribution in [0.5, 0.6) is 0 Å². The van der Waals surface area contributed by atoms with Crippen LogP contribution in [0.25, 0.3) is 0 Å². The third-order valence-corrected chi connectivity index (χ3v) is 5.17. The Labute approximate surface area is 150 Å². The molecule has 7 heteroatoms. The predicted molar refractivity (Wildman–Crippen MR) is 95.8 cm³/mol. The van der Waals surface area contributed by atoms with Gasteiger partial charge < -0.3 is 10.6 Å².